The Hall–Kier alpha value is -0.730. The van der Waals surface area contributed by atoms with Crippen LogP contribution in [0.1, 0.15) is 27.2 Å². The summed E-state index contributed by atoms with van der Waals surface area (Å²) in [5, 5.41) is 2.88. The van der Waals surface area contributed by atoms with E-state index in [9.17, 15) is 0 Å². The fourth-order valence-corrected chi connectivity index (χ4v) is 1.76. The van der Waals surface area contributed by atoms with Gasteiger partial charge in [-0.1, -0.05) is 30.7 Å². The molecule has 0 spiro atoms. The molecular formula is C12H19ClN2. The molecule has 84 valence electrons. The lowest BCUT2D eigenvalue weighted by atomic mass is 10.0. The van der Waals surface area contributed by atoms with Crippen molar-refractivity contribution in [3.8, 4) is 0 Å². The van der Waals surface area contributed by atoms with Gasteiger partial charge in [-0.3, -0.25) is 0 Å². The number of para-hydroxylation sites is 1. The number of benzene rings is 1. The van der Waals surface area contributed by atoms with Crippen LogP contribution in [0, 0.1) is 0 Å². The predicted molar refractivity (Wildman–Crippen MR) is 67.4 cm³/mol. The first-order valence-electron chi connectivity index (χ1n) is 5.25. The number of rotatable bonds is 4. The van der Waals surface area contributed by atoms with Gasteiger partial charge in [0.25, 0.3) is 0 Å². The molecule has 0 radical (unpaired) electrons. The second kappa shape index (κ2) is 4.86. The predicted octanol–water partition coefficient (Wildman–Crippen LogP) is 3.47. The lowest BCUT2D eigenvalue weighted by Crippen LogP contribution is -2.50. The van der Waals surface area contributed by atoms with Crippen molar-refractivity contribution in [2.75, 3.05) is 12.1 Å². The summed E-state index contributed by atoms with van der Waals surface area (Å²) in [6.45, 7) is 6.54. The Morgan fingerprint density at radius 1 is 1.33 bits per heavy atom. The minimum absolute atomic E-state index is 0.0414. The fourth-order valence-electron chi connectivity index (χ4n) is 1.54. The van der Waals surface area contributed by atoms with Gasteiger partial charge in [0.1, 0.15) is 0 Å². The molecule has 3 heteroatoms. The molecule has 0 unspecified atom stereocenters. The monoisotopic (exact) mass is 226 g/mol. The van der Waals surface area contributed by atoms with E-state index in [1.807, 2.05) is 31.3 Å². The molecule has 0 fully saturated rings. The van der Waals surface area contributed by atoms with E-state index in [-0.39, 0.29) is 5.54 Å². The molecule has 2 nitrogen and oxygen atoms in total. The highest BCUT2D eigenvalue weighted by atomic mass is 35.5. The van der Waals surface area contributed by atoms with Crippen molar-refractivity contribution in [3.63, 3.8) is 0 Å². The van der Waals surface area contributed by atoms with Gasteiger partial charge >= 0.3 is 0 Å². The van der Waals surface area contributed by atoms with E-state index >= 15 is 0 Å². The highest BCUT2D eigenvalue weighted by molar-refractivity contribution is 6.33. The Bertz CT molecular complexity index is 323. The molecule has 15 heavy (non-hydrogen) atoms. The van der Waals surface area contributed by atoms with Crippen molar-refractivity contribution in [2.24, 2.45) is 0 Å². The Kier molecular flexibility index (Phi) is 4.00. The maximum absolute atomic E-state index is 6.18. The van der Waals surface area contributed by atoms with Crippen LogP contribution < -0.4 is 10.4 Å². The molecule has 0 bridgehead atoms. The van der Waals surface area contributed by atoms with E-state index in [2.05, 4.69) is 31.2 Å². The SMILES string of the molecule is CCC(C)(C)N(NC)c1ccccc1Cl. The summed E-state index contributed by atoms with van der Waals surface area (Å²) < 4.78 is 0. The van der Waals surface area contributed by atoms with E-state index in [1.54, 1.807) is 0 Å². The van der Waals surface area contributed by atoms with Crippen molar-refractivity contribution < 1.29 is 0 Å². The first kappa shape index (κ1) is 12.3. The van der Waals surface area contributed by atoms with Gasteiger partial charge in [0.05, 0.1) is 16.2 Å². The zero-order chi connectivity index (χ0) is 11.5. The highest BCUT2D eigenvalue weighted by Crippen LogP contribution is 2.30. The van der Waals surface area contributed by atoms with Gasteiger partial charge in [0, 0.05) is 7.05 Å². The van der Waals surface area contributed by atoms with E-state index in [0.29, 0.717) is 0 Å². The normalized spacial score (nSPS) is 11.5. The summed E-state index contributed by atoms with van der Waals surface area (Å²) in [7, 11) is 1.92. The Morgan fingerprint density at radius 3 is 2.40 bits per heavy atom. The van der Waals surface area contributed by atoms with Gasteiger partial charge in [-0.25, -0.2) is 5.43 Å². The summed E-state index contributed by atoms with van der Waals surface area (Å²) in [4.78, 5) is 0. The van der Waals surface area contributed by atoms with Crippen LogP contribution in [0.3, 0.4) is 0 Å². The third kappa shape index (κ3) is 2.64. The third-order valence-corrected chi connectivity index (χ3v) is 3.11. The molecule has 0 saturated heterocycles. The molecule has 0 heterocycles. The summed E-state index contributed by atoms with van der Waals surface area (Å²) in [6.07, 6.45) is 1.04. The number of halogens is 1. The van der Waals surface area contributed by atoms with Crippen LogP contribution in [0.2, 0.25) is 5.02 Å². The zero-order valence-corrected chi connectivity index (χ0v) is 10.6. The van der Waals surface area contributed by atoms with E-state index in [1.165, 1.54) is 0 Å². The number of hydrogen-bond donors (Lipinski definition) is 1. The van der Waals surface area contributed by atoms with Crippen molar-refractivity contribution in [1.82, 2.24) is 5.43 Å². The van der Waals surface area contributed by atoms with Crippen LogP contribution in [-0.4, -0.2) is 12.6 Å². The van der Waals surface area contributed by atoms with E-state index in [4.69, 9.17) is 11.6 Å². The molecule has 0 amide bonds. The number of hydrogen-bond acceptors (Lipinski definition) is 2. The average molecular weight is 227 g/mol. The smallest absolute Gasteiger partial charge is 0.0712 e. The van der Waals surface area contributed by atoms with Gasteiger partial charge in [-0.2, -0.15) is 0 Å². The van der Waals surface area contributed by atoms with Crippen LogP contribution in [0.15, 0.2) is 24.3 Å². The number of hydrazine groups is 1. The number of anilines is 1. The van der Waals surface area contributed by atoms with Crippen LogP contribution in [0.25, 0.3) is 0 Å². The van der Waals surface area contributed by atoms with Gasteiger partial charge < -0.3 is 5.01 Å². The summed E-state index contributed by atoms with van der Waals surface area (Å²) >= 11 is 6.18. The molecule has 0 saturated carbocycles. The average Bonchev–Trinajstić information content (AvgIpc) is 2.21. The molecular weight excluding hydrogens is 208 g/mol. The van der Waals surface area contributed by atoms with Gasteiger partial charge in [-0.05, 0) is 32.4 Å². The fraction of sp³-hybridized carbons (Fsp3) is 0.500. The van der Waals surface area contributed by atoms with Crippen LogP contribution in [-0.2, 0) is 0 Å². The van der Waals surface area contributed by atoms with Gasteiger partial charge in [0.15, 0.2) is 0 Å². The van der Waals surface area contributed by atoms with Gasteiger partial charge in [-0.15, -0.1) is 0 Å². The molecule has 1 aromatic rings. The van der Waals surface area contributed by atoms with E-state index in [0.717, 1.165) is 17.1 Å². The largest absolute Gasteiger partial charge is 0.302 e. The first-order valence-corrected chi connectivity index (χ1v) is 5.63. The van der Waals surface area contributed by atoms with Crippen LogP contribution >= 0.6 is 11.6 Å². The van der Waals surface area contributed by atoms with Crippen molar-refractivity contribution >= 4 is 17.3 Å². The molecule has 1 N–H and O–H groups in total. The zero-order valence-electron chi connectivity index (χ0n) is 9.84. The van der Waals surface area contributed by atoms with Crippen LogP contribution in [0.4, 0.5) is 5.69 Å². The Labute approximate surface area is 97.2 Å². The second-order valence-corrected chi connectivity index (χ2v) is 4.58. The number of nitrogens with zero attached hydrogens (tertiary/aromatic N) is 1. The maximum Gasteiger partial charge on any atom is 0.0712 e. The summed E-state index contributed by atoms with van der Waals surface area (Å²) in [6, 6.07) is 7.87. The minimum atomic E-state index is 0.0414. The van der Waals surface area contributed by atoms with Gasteiger partial charge in [0.2, 0.25) is 0 Å². The summed E-state index contributed by atoms with van der Waals surface area (Å²) in [5.41, 5.74) is 4.26. The lowest BCUT2D eigenvalue weighted by Gasteiger charge is -2.39. The Balaban J connectivity index is 3.08. The quantitative estimate of drug-likeness (QED) is 0.791. The molecule has 1 aromatic carbocycles. The van der Waals surface area contributed by atoms with Crippen molar-refractivity contribution in [2.45, 2.75) is 32.7 Å². The van der Waals surface area contributed by atoms with Crippen molar-refractivity contribution in [1.29, 1.82) is 0 Å². The van der Waals surface area contributed by atoms with Crippen molar-refractivity contribution in [3.05, 3.63) is 29.3 Å². The maximum atomic E-state index is 6.18. The molecule has 0 atom stereocenters. The molecule has 0 aliphatic heterocycles. The number of nitrogens with one attached hydrogen (secondary N) is 1. The lowest BCUT2D eigenvalue weighted by molar-refractivity contribution is 0.412. The minimum Gasteiger partial charge on any atom is -0.302 e. The third-order valence-electron chi connectivity index (χ3n) is 2.79. The first-order chi connectivity index (χ1) is 7.03. The van der Waals surface area contributed by atoms with Crippen LogP contribution in [0.5, 0.6) is 0 Å². The molecule has 0 aromatic heterocycles. The second-order valence-electron chi connectivity index (χ2n) is 4.18. The molecule has 0 aliphatic rings. The standard InChI is InChI=1S/C12H19ClN2/c1-5-12(2,3)15(14-4)11-9-7-6-8-10(11)13/h6-9,14H,5H2,1-4H3. The summed E-state index contributed by atoms with van der Waals surface area (Å²) in [5.74, 6) is 0. The highest BCUT2D eigenvalue weighted by Gasteiger charge is 2.25. The Morgan fingerprint density at radius 2 is 1.93 bits per heavy atom. The molecule has 1 rings (SSSR count). The molecule has 0 aliphatic carbocycles. The topological polar surface area (TPSA) is 15.3 Å². The van der Waals surface area contributed by atoms with E-state index < -0.39 is 0 Å².